The highest BCUT2D eigenvalue weighted by Crippen LogP contribution is 2.35. The summed E-state index contributed by atoms with van der Waals surface area (Å²) >= 11 is 1.28. The second kappa shape index (κ2) is 12.2. The Balaban J connectivity index is 1.45. The van der Waals surface area contributed by atoms with Crippen molar-refractivity contribution in [3.05, 3.63) is 82.7 Å². The number of hydrogen-bond acceptors (Lipinski definition) is 8. The van der Waals surface area contributed by atoms with Crippen molar-refractivity contribution in [3.63, 3.8) is 0 Å². The lowest BCUT2D eigenvalue weighted by Gasteiger charge is -2.20. The predicted octanol–water partition coefficient (Wildman–Crippen LogP) is 3.99. The third-order valence-corrected chi connectivity index (χ3v) is 9.58. The fraction of sp³-hybridized carbons (Fsp3) is 0.276. The van der Waals surface area contributed by atoms with Gasteiger partial charge in [-0.2, -0.15) is 9.30 Å². The normalized spacial score (nSPS) is 13.5. The van der Waals surface area contributed by atoms with Gasteiger partial charge in [-0.3, -0.25) is 9.59 Å². The summed E-state index contributed by atoms with van der Waals surface area (Å²) in [5.41, 5.74) is 1.86. The van der Waals surface area contributed by atoms with Crippen LogP contribution < -0.4 is 14.3 Å². The van der Waals surface area contributed by atoms with Crippen LogP contribution >= 0.6 is 11.3 Å². The Morgan fingerprint density at radius 3 is 2.37 bits per heavy atom. The molecule has 1 aliphatic rings. The highest BCUT2D eigenvalue weighted by molar-refractivity contribution is 7.89. The Kier molecular flexibility index (Phi) is 8.52. The number of ether oxygens (including phenoxy) is 3. The monoisotopic (exact) mass is 595 g/mol. The minimum Gasteiger partial charge on any atom is -0.486 e. The first kappa shape index (κ1) is 28.5. The van der Waals surface area contributed by atoms with Crippen LogP contribution in [0.5, 0.6) is 11.5 Å². The number of fused-ring (bicyclic) bond motifs is 2. The number of nitrogens with zero attached hydrogens (tertiary/aromatic N) is 3. The Labute approximate surface area is 241 Å². The summed E-state index contributed by atoms with van der Waals surface area (Å²) in [5, 5.41) is 0. The van der Waals surface area contributed by atoms with Crippen molar-refractivity contribution >= 4 is 43.5 Å². The van der Waals surface area contributed by atoms with Gasteiger partial charge >= 0.3 is 5.97 Å². The summed E-state index contributed by atoms with van der Waals surface area (Å²) < 4.78 is 46.8. The molecule has 12 heteroatoms. The highest BCUT2D eigenvalue weighted by atomic mass is 32.2. The molecule has 5 rings (SSSR count). The maximum absolute atomic E-state index is 13.3. The first-order chi connectivity index (χ1) is 19.8. The van der Waals surface area contributed by atoms with Crippen LogP contribution in [0.3, 0.4) is 0 Å². The van der Waals surface area contributed by atoms with E-state index < -0.39 is 21.9 Å². The van der Waals surface area contributed by atoms with Crippen molar-refractivity contribution in [1.29, 1.82) is 0 Å². The van der Waals surface area contributed by atoms with Gasteiger partial charge in [0, 0.05) is 37.3 Å². The van der Waals surface area contributed by atoms with Crippen LogP contribution in [0.2, 0.25) is 0 Å². The van der Waals surface area contributed by atoms with E-state index in [0.29, 0.717) is 36.1 Å². The molecule has 0 bridgehead atoms. The van der Waals surface area contributed by atoms with Gasteiger partial charge in [0.15, 0.2) is 16.3 Å². The molecule has 1 amide bonds. The molecule has 0 spiro atoms. The molecule has 0 atom stereocenters. The van der Waals surface area contributed by atoms with Crippen molar-refractivity contribution in [1.82, 2.24) is 8.87 Å². The molecule has 41 heavy (non-hydrogen) atoms. The molecule has 0 saturated carbocycles. The number of carbonyl (C=O) groups excluding carboxylic acids is 2. The Bertz CT molecular complexity index is 1740. The van der Waals surface area contributed by atoms with Gasteiger partial charge in [-0.25, -0.2) is 8.42 Å². The number of methoxy groups -OCH3 is 1. The number of aryl methyl sites for hydroxylation is 1. The van der Waals surface area contributed by atoms with Gasteiger partial charge in [0.1, 0.15) is 13.2 Å². The molecule has 0 N–H and O–H groups in total. The topological polar surface area (TPSA) is 117 Å². The highest BCUT2D eigenvalue weighted by Gasteiger charge is 2.24. The molecule has 3 aromatic carbocycles. The molecule has 0 radical (unpaired) electrons. The van der Waals surface area contributed by atoms with Crippen molar-refractivity contribution < 1.29 is 32.2 Å². The number of hydrogen-bond donors (Lipinski definition) is 0. The van der Waals surface area contributed by atoms with Crippen LogP contribution in [0.4, 0.5) is 0 Å². The lowest BCUT2D eigenvalue weighted by Crippen LogP contribution is -2.30. The number of thiazole rings is 1. The van der Waals surface area contributed by atoms with Gasteiger partial charge in [0.2, 0.25) is 10.0 Å². The van der Waals surface area contributed by atoms with Gasteiger partial charge in [-0.05, 0) is 29.8 Å². The number of benzene rings is 3. The largest absolute Gasteiger partial charge is 0.486 e. The van der Waals surface area contributed by atoms with E-state index >= 15 is 0 Å². The first-order valence-corrected chi connectivity index (χ1v) is 15.3. The van der Waals surface area contributed by atoms with Crippen LogP contribution in [0.1, 0.15) is 29.3 Å². The quantitative estimate of drug-likeness (QED) is 0.269. The van der Waals surface area contributed by atoms with Crippen molar-refractivity contribution in [2.75, 3.05) is 26.9 Å². The van der Waals surface area contributed by atoms with Crippen LogP contribution in [-0.2, 0) is 32.6 Å². The molecule has 0 saturated heterocycles. The molecule has 4 aromatic rings. The fourth-order valence-corrected chi connectivity index (χ4v) is 6.94. The molecule has 0 fully saturated rings. The van der Waals surface area contributed by atoms with Crippen molar-refractivity contribution in [3.8, 4) is 11.5 Å². The Morgan fingerprint density at radius 1 is 1.02 bits per heavy atom. The van der Waals surface area contributed by atoms with Crippen LogP contribution in [-0.4, -0.2) is 56.0 Å². The fourth-order valence-electron chi connectivity index (χ4n) is 4.44. The minimum absolute atomic E-state index is 0.0849. The number of rotatable bonds is 9. The summed E-state index contributed by atoms with van der Waals surface area (Å²) in [7, 11) is -2.46. The van der Waals surface area contributed by atoms with E-state index in [4.69, 9.17) is 14.2 Å². The third kappa shape index (κ3) is 6.19. The van der Waals surface area contributed by atoms with E-state index in [2.05, 4.69) is 4.99 Å². The maximum atomic E-state index is 13.3. The molecule has 214 valence electrons. The summed E-state index contributed by atoms with van der Waals surface area (Å²) in [6.45, 7) is 3.43. The average Bonchev–Trinajstić information content (AvgIpc) is 3.32. The van der Waals surface area contributed by atoms with Crippen LogP contribution in [0.15, 0.2) is 76.6 Å². The number of amides is 1. The Hall–Kier alpha value is -4.00. The zero-order valence-electron chi connectivity index (χ0n) is 22.6. The van der Waals surface area contributed by atoms with E-state index in [1.54, 1.807) is 11.5 Å². The molecule has 10 nitrogen and oxygen atoms in total. The molecular formula is C29H29N3O7S2. The van der Waals surface area contributed by atoms with E-state index in [9.17, 15) is 18.0 Å². The van der Waals surface area contributed by atoms with Gasteiger partial charge in [0.05, 0.1) is 28.6 Å². The summed E-state index contributed by atoms with van der Waals surface area (Å²) in [4.78, 5) is 29.9. The van der Waals surface area contributed by atoms with Crippen LogP contribution in [0, 0.1) is 0 Å². The molecule has 1 aliphatic heterocycles. The van der Waals surface area contributed by atoms with E-state index in [1.807, 2.05) is 42.5 Å². The summed E-state index contributed by atoms with van der Waals surface area (Å²) in [6.07, 6.45) is 0.0849. The first-order valence-electron chi connectivity index (χ1n) is 13.0. The summed E-state index contributed by atoms with van der Waals surface area (Å²) in [6, 6.07) is 18.8. The van der Waals surface area contributed by atoms with Gasteiger partial charge < -0.3 is 18.8 Å². The lowest BCUT2D eigenvalue weighted by molar-refractivity contribution is -0.140. The van der Waals surface area contributed by atoms with Crippen LogP contribution in [0.25, 0.3) is 10.2 Å². The average molecular weight is 596 g/mol. The molecule has 2 heterocycles. The molecular weight excluding hydrogens is 566 g/mol. The smallest absolute Gasteiger partial charge is 0.307 e. The number of esters is 1. The van der Waals surface area contributed by atoms with Crippen molar-refractivity contribution in [2.24, 2.45) is 4.99 Å². The molecule has 0 aliphatic carbocycles. The number of aromatic nitrogens is 1. The zero-order chi connectivity index (χ0) is 29.0. The second-order valence-corrected chi connectivity index (χ2v) is 12.1. The molecule has 0 unspecified atom stereocenters. The van der Waals surface area contributed by atoms with Gasteiger partial charge in [-0.15, -0.1) is 0 Å². The minimum atomic E-state index is -3.78. The third-order valence-electron chi connectivity index (χ3n) is 6.60. The van der Waals surface area contributed by atoms with Crippen molar-refractivity contribution in [2.45, 2.75) is 31.3 Å². The SMILES string of the molecule is CCN(Cc1ccccc1)S(=O)(=O)c1ccc(C(=O)N=c2sc3cc4c(cc3n2CCC(=O)OC)OCCO4)cc1. The predicted molar refractivity (Wildman–Crippen MR) is 153 cm³/mol. The maximum Gasteiger partial charge on any atom is 0.307 e. The van der Waals surface area contributed by atoms with E-state index in [0.717, 1.165) is 15.8 Å². The number of carbonyl (C=O) groups is 2. The van der Waals surface area contributed by atoms with Gasteiger partial charge in [-0.1, -0.05) is 48.6 Å². The Morgan fingerprint density at radius 2 is 1.71 bits per heavy atom. The van der Waals surface area contributed by atoms with E-state index in [1.165, 1.54) is 47.0 Å². The number of sulfonamides is 1. The van der Waals surface area contributed by atoms with Gasteiger partial charge in [0.25, 0.3) is 5.91 Å². The zero-order valence-corrected chi connectivity index (χ0v) is 24.2. The molecule has 1 aromatic heterocycles. The van der Waals surface area contributed by atoms with E-state index in [-0.39, 0.29) is 30.0 Å². The summed E-state index contributed by atoms with van der Waals surface area (Å²) in [5.74, 6) is 0.252. The standard InChI is InChI=1S/C29H29N3O7S2/c1-3-31(19-20-7-5-4-6-8-20)41(35,36)22-11-9-21(10-12-22)28(34)30-29-32(14-13-27(33)37-2)23-17-24-25(18-26(23)40-29)39-16-15-38-24/h4-12,17-18H,3,13-16,19H2,1-2H3. The lowest BCUT2D eigenvalue weighted by atomic mass is 10.2. The second-order valence-electron chi connectivity index (χ2n) is 9.18.